The highest BCUT2D eigenvalue weighted by atomic mass is 16.2. The molecular formula is C20H20N4O. The van der Waals surface area contributed by atoms with Crippen molar-refractivity contribution in [3.63, 3.8) is 0 Å². The molecule has 0 N–H and O–H groups in total. The molecule has 3 aromatic rings. The molecule has 0 spiro atoms. The van der Waals surface area contributed by atoms with Gasteiger partial charge in [-0.2, -0.15) is 0 Å². The standard InChI is InChI=1S/C20H20N4O/c25-19(12-17-14-23-10-2-1-5-18(23)22-17)24-11-7-15-6-8-20(15,24)16-4-3-9-21-13-16/h1-5,9-10,13-15H,6-8,11-12H2/t15-,20-/m0/s1. The van der Waals surface area contributed by atoms with E-state index in [1.165, 1.54) is 12.0 Å². The van der Waals surface area contributed by atoms with Gasteiger partial charge in [0.15, 0.2) is 0 Å². The van der Waals surface area contributed by atoms with E-state index < -0.39 is 0 Å². The lowest BCUT2D eigenvalue weighted by Gasteiger charge is -2.50. The third-order valence-electron chi connectivity index (χ3n) is 5.94. The lowest BCUT2D eigenvalue weighted by molar-refractivity contribution is -0.139. The van der Waals surface area contributed by atoms with E-state index in [1.54, 1.807) is 6.20 Å². The molecule has 2 aliphatic rings. The van der Waals surface area contributed by atoms with E-state index in [4.69, 9.17) is 0 Å². The van der Waals surface area contributed by atoms with E-state index in [0.29, 0.717) is 12.3 Å². The minimum absolute atomic E-state index is 0.134. The van der Waals surface area contributed by atoms with Crippen molar-refractivity contribution in [2.75, 3.05) is 6.54 Å². The molecule has 1 aliphatic carbocycles. The minimum atomic E-state index is -0.134. The Morgan fingerprint density at radius 3 is 2.96 bits per heavy atom. The van der Waals surface area contributed by atoms with Gasteiger partial charge in [-0.1, -0.05) is 12.1 Å². The predicted molar refractivity (Wildman–Crippen MR) is 93.9 cm³/mol. The van der Waals surface area contributed by atoms with E-state index in [2.05, 4.69) is 20.9 Å². The van der Waals surface area contributed by atoms with Crippen molar-refractivity contribution in [2.24, 2.45) is 5.92 Å². The molecule has 0 aromatic carbocycles. The van der Waals surface area contributed by atoms with Gasteiger partial charge in [-0.25, -0.2) is 4.98 Å². The first-order chi connectivity index (χ1) is 12.3. The van der Waals surface area contributed by atoms with Crippen molar-refractivity contribution in [1.29, 1.82) is 0 Å². The quantitative estimate of drug-likeness (QED) is 0.741. The molecule has 1 saturated heterocycles. The van der Waals surface area contributed by atoms with E-state index in [0.717, 1.165) is 30.7 Å². The van der Waals surface area contributed by atoms with Crippen molar-refractivity contribution in [2.45, 2.75) is 31.2 Å². The summed E-state index contributed by atoms with van der Waals surface area (Å²) in [7, 11) is 0. The Morgan fingerprint density at radius 2 is 2.20 bits per heavy atom. The van der Waals surface area contributed by atoms with Crippen LogP contribution in [0, 0.1) is 5.92 Å². The first kappa shape index (κ1) is 14.6. The van der Waals surface area contributed by atoms with Crippen LogP contribution in [0.15, 0.2) is 55.1 Å². The molecule has 2 fully saturated rings. The van der Waals surface area contributed by atoms with Crippen molar-refractivity contribution >= 4 is 11.6 Å². The lowest BCUT2D eigenvalue weighted by Crippen LogP contribution is -2.54. The number of amides is 1. The van der Waals surface area contributed by atoms with Gasteiger partial charge >= 0.3 is 0 Å². The fourth-order valence-electron chi connectivity index (χ4n) is 4.67. The molecule has 5 rings (SSSR count). The number of likely N-dealkylation sites (tertiary alicyclic amines) is 1. The van der Waals surface area contributed by atoms with Crippen LogP contribution in [-0.2, 0) is 16.8 Å². The Balaban J connectivity index is 1.44. The smallest absolute Gasteiger partial charge is 0.229 e. The number of nitrogens with zero attached hydrogens (tertiary/aromatic N) is 4. The van der Waals surface area contributed by atoms with Crippen molar-refractivity contribution < 1.29 is 4.79 Å². The van der Waals surface area contributed by atoms with Crippen LogP contribution in [0.1, 0.15) is 30.5 Å². The number of imidazole rings is 1. The number of hydrogen-bond donors (Lipinski definition) is 0. The third kappa shape index (κ3) is 2.11. The summed E-state index contributed by atoms with van der Waals surface area (Å²) in [6.07, 6.45) is 11.3. The van der Waals surface area contributed by atoms with Crippen LogP contribution in [0.25, 0.3) is 5.65 Å². The first-order valence-electron chi connectivity index (χ1n) is 8.91. The number of rotatable bonds is 3. The summed E-state index contributed by atoms with van der Waals surface area (Å²) in [5, 5.41) is 0. The van der Waals surface area contributed by atoms with Crippen LogP contribution in [0.4, 0.5) is 0 Å². The van der Waals surface area contributed by atoms with Crippen LogP contribution in [0.2, 0.25) is 0 Å². The van der Waals surface area contributed by atoms with Crippen LogP contribution in [0.5, 0.6) is 0 Å². The summed E-state index contributed by atoms with van der Waals surface area (Å²) in [4.78, 5) is 24.1. The van der Waals surface area contributed by atoms with E-state index >= 15 is 0 Å². The van der Waals surface area contributed by atoms with Crippen molar-refractivity contribution in [3.05, 3.63) is 66.4 Å². The van der Waals surface area contributed by atoms with Gasteiger partial charge in [0, 0.05) is 31.3 Å². The van der Waals surface area contributed by atoms with Crippen LogP contribution in [-0.4, -0.2) is 31.7 Å². The van der Waals surface area contributed by atoms with Crippen LogP contribution < -0.4 is 0 Å². The lowest BCUT2D eigenvalue weighted by atomic mass is 9.64. The molecule has 1 aliphatic heterocycles. The van der Waals surface area contributed by atoms with Gasteiger partial charge in [0.05, 0.1) is 17.7 Å². The first-order valence-corrected chi connectivity index (χ1v) is 8.91. The summed E-state index contributed by atoms with van der Waals surface area (Å²) in [5.74, 6) is 0.746. The zero-order valence-electron chi connectivity index (χ0n) is 14.0. The van der Waals surface area contributed by atoms with E-state index in [1.807, 2.05) is 47.3 Å². The maximum atomic E-state index is 13.1. The summed E-state index contributed by atoms with van der Waals surface area (Å²) in [6, 6.07) is 9.99. The Labute approximate surface area is 146 Å². The Morgan fingerprint density at radius 1 is 1.24 bits per heavy atom. The molecule has 0 bridgehead atoms. The van der Waals surface area contributed by atoms with Gasteiger partial charge < -0.3 is 9.30 Å². The monoisotopic (exact) mass is 332 g/mol. The number of aromatic nitrogens is 3. The molecule has 3 aromatic heterocycles. The number of fused-ring (bicyclic) bond motifs is 2. The Kier molecular flexibility index (Phi) is 3.17. The maximum Gasteiger partial charge on any atom is 0.229 e. The number of carbonyl (C=O) groups excluding carboxylic acids is 1. The second-order valence-electron chi connectivity index (χ2n) is 7.11. The van der Waals surface area contributed by atoms with Crippen molar-refractivity contribution in [3.8, 4) is 0 Å². The second-order valence-corrected chi connectivity index (χ2v) is 7.11. The zero-order valence-corrected chi connectivity index (χ0v) is 14.0. The topological polar surface area (TPSA) is 50.5 Å². The molecule has 126 valence electrons. The molecule has 25 heavy (non-hydrogen) atoms. The van der Waals surface area contributed by atoms with Gasteiger partial charge in [0.25, 0.3) is 0 Å². The average molecular weight is 332 g/mol. The highest BCUT2D eigenvalue weighted by molar-refractivity contribution is 5.80. The molecule has 4 heterocycles. The predicted octanol–water partition coefficient (Wildman–Crippen LogP) is 2.81. The summed E-state index contributed by atoms with van der Waals surface area (Å²) in [6.45, 7) is 0.839. The second kappa shape index (κ2) is 5.41. The number of pyridine rings is 2. The molecule has 0 radical (unpaired) electrons. The molecule has 1 saturated carbocycles. The summed E-state index contributed by atoms with van der Waals surface area (Å²) in [5.41, 5.74) is 2.77. The number of carbonyl (C=O) groups is 1. The van der Waals surface area contributed by atoms with Crippen molar-refractivity contribution in [1.82, 2.24) is 19.3 Å². The number of hydrogen-bond acceptors (Lipinski definition) is 3. The molecular weight excluding hydrogens is 312 g/mol. The maximum absolute atomic E-state index is 13.1. The highest BCUT2D eigenvalue weighted by Crippen LogP contribution is 2.56. The normalized spacial score (nSPS) is 25.0. The molecule has 0 unspecified atom stereocenters. The van der Waals surface area contributed by atoms with Gasteiger partial charge in [-0.3, -0.25) is 9.78 Å². The molecule has 2 atom stereocenters. The van der Waals surface area contributed by atoms with E-state index in [9.17, 15) is 4.79 Å². The van der Waals surface area contributed by atoms with Crippen LogP contribution >= 0.6 is 0 Å². The largest absolute Gasteiger partial charge is 0.332 e. The van der Waals surface area contributed by atoms with Gasteiger partial charge in [0.1, 0.15) is 5.65 Å². The van der Waals surface area contributed by atoms with Crippen LogP contribution in [0.3, 0.4) is 0 Å². The Bertz CT molecular complexity index is 902. The third-order valence-corrected chi connectivity index (χ3v) is 5.94. The molecule has 1 amide bonds. The summed E-state index contributed by atoms with van der Waals surface area (Å²) >= 11 is 0. The zero-order chi connectivity index (χ0) is 16.9. The highest BCUT2D eigenvalue weighted by Gasteiger charge is 2.57. The molecule has 5 heteroatoms. The van der Waals surface area contributed by atoms with Gasteiger partial charge in [-0.15, -0.1) is 0 Å². The Hall–Kier alpha value is -2.69. The van der Waals surface area contributed by atoms with E-state index in [-0.39, 0.29) is 11.4 Å². The molecule has 5 nitrogen and oxygen atoms in total. The van der Waals surface area contributed by atoms with Gasteiger partial charge in [-0.05, 0) is 48.9 Å². The summed E-state index contributed by atoms with van der Waals surface area (Å²) < 4.78 is 1.97. The fourth-order valence-corrected chi connectivity index (χ4v) is 4.67. The average Bonchev–Trinajstić information content (AvgIpc) is 3.13. The fraction of sp³-hybridized carbons (Fsp3) is 0.350. The SMILES string of the molecule is O=C(Cc1cn2ccccc2n1)N1CC[C@@H]2CC[C@@]21c1cccnc1. The minimum Gasteiger partial charge on any atom is -0.332 e. The van der Waals surface area contributed by atoms with Gasteiger partial charge in [0.2, 0.25) is 5.91 Å².